The zero-order chi connectivity index (χ0) is 24.7. The molecule has 1 N–H and O–H groups in total. The molecule has 0 aliphatic heterocycles. The molecular formula is C30H38FNOSi. The number of halogens is 1. The second-order valence-corrected chi connectivity index (χ2v) is 15.8. The molecule has 4 heteroatoms. The van der Waals surface area contributed by atoms with Gasteiger partial charge in [-0.15, -0.1) is 0 Å². The normalized spacial score (nSPS) is 14.0. The van der Waals surface area contributed by atoms with E-state index in [4.69, 9.17) is 4.98 Å². The number of nitrogens with zero attached hydrogens (tertiary/aromatic N) is 1. The van der Waals surface area contributed by atoms with Gasteiger partial charge < -0.3 is 4.80 Å². The second-order valence-electron chi connectivity index (χ2n) is 11.3. The van der Waals surface area contributed by atoms with Gasteiger partial charge in [0.25, 0.3) is 0 Å². The van der Waals surface area contributed by atoms with Crippen LogP contribution in [0.5, 0.6) is 0 Å². The Kier molecular flexibility index (Phi) is 6.85. The summed E-state index contributed by atoms with van der Waals surface area (Å²) in [6.45, 7) is 12.9. The van der Waals surface area contributed by atoms with Gasteiger partial charge in [0.15, 0.2) is 8.32 Å². The van der Waals surface area contributed by atoms with Crippen molar-refractivity contribution >= 4 is 8.32 Å². The van der Waals surface area contributed by atoms with Crippen LogP contribution in [0, 0.1) is 5.82 Å². The molecule has 1 aromatic heterocycles. The van der Waals surface area contributed by atoms with E-state index in [2.05, 4.69) is 52.0 Å². The third-order valence-electron chi connectivity index (χ3n) is 7.91. The number of aromatic nitrogens is 1. The van der Waals surface area contributed by atoms with E-state index in [0.717, 1.165) is 49.1 Å². The average molecular weight is 476 g/mol. The molecule has 0 amide bonds. The lowest BCUT2D eigenvalue weighted by molar-refractivity contribution is 0.450. The predicted molar refractivity (Wildman–Crippen MR) is 143 cm³/mol. The van der Waals surface area contributed by atoms with Crippen molar-refractivity contribution in [3.05, 3.63) is 76.7 Å². The maximum Gasteiger partial charge on any atom is 0.188 e. The molecule has 3 aromatic rings. The molecule has 0 saturated carbocycles. The fourth-order valence-electron chi connectivity index (χ4n) is 5.01. The van der Waals surface area contributed by atoms with Crippen molar-refractivity contribution in [2.75, 3.05) is 0 Å². The third kappa shape index (κ3) is 4.76. The van der Waals surface area contributed by atoms with Crippen LogP contribution in [0.1, 0.15) is 68.8 Å². The van der Waals surface area contributed by atoms with Gasteiger partial charge >= 0.3 is 0 Å². The standard InChI is InChI=1S/C30H38FNOSi/c1-20(2)28-26(18-19-30(3,4)34(5,6)33)27(22-14-16-23(31)17-15-22)25-13-9-11-21-10-7-8-12-24(21)29(25)32-28/h7-8,10,12,14-17,20,33H,9,11,13,18-19H2,1-6H3. The van der Waals surface area contributed by atoms with Crippen molar-refractivity contribution in [2.45, 2.75) is 83.8 Å². The molecule has 180 valence electrons. The lowest BCUT2D eigenvalue weighted by Gasteiger charge is -2.36. The maximum atomic E-state index is 13.9. The SMILES string of the molecule is CC(C)c1nc2c(c(-c3ccc(F)cc3)c1CCC(C)(C)[Si](C)(C)O)CCCc1ccccc1-2. The summed E-state index contributed by atoms with van der Waals surface area (Å²) in [4.78, 5) is 16.3. The molecular weight excluding hydrogens is 437 g/mol. The Hall–Kier alpha value is -2.30. The minimum Gasteiger partial charge on any atom is -0.432 e. The highest BCUT2D eigenvalue weighted by Crippen LogP contribution is 2.45. The van der Waals surface area contributed by atoms with E-state index in [1.54, 1.807) is 12.1 Å². The first-order chi connectivity index (χ1) is 16.0. The minimum atomic E-state index is -2.34. The predicted octanol–water partition coefficient (Wildman–Crippen LogP) is 8.08. The third-order valence-corrected chi connectivity index (χ3v) is 11.5. The molecule has 0 spiro atoms. The molecule has 2 nitrogen and oxygen atoms in total. The molecule has 0 atom stereocenters. The number of pyridine rings is 1. The van der Waals surface area contributed by atoms with Crippen LogP contribution in [0.3, 0.4) is 0 Å². The summed E-state index contributed by atoms with van der Waals surface area (Å²) in [5, 5.41) is -0.124. The van der Waals surface area contributed by atoms with Crippen molar-refractivity contribution in [3.8, 4) is 22.4 Å². The monoisotopic (exact) mass is 475 g/mol. The van der Waals surface area contributed by atoms with Gasteiger partial charge in [-0.25, -0.2) is 4.39 Å². The number of rotatable bonds is 6. The smallest absolute Gasteiger partial charge is 0.188 e. The minimum absolute atomic E-state index is 0.124. The quantitative estimate of drug-likeness (QED) is 0.366. The number of hydrogen-bond donors (Lipinski definition) is 1. The van der Waals surface area contributed by atoms with Crippen LogP contribution >= 0.6 is 0 Å². The van der Waals surface area contributed by atoms with Crippen LogP contribution in [0.2, 0.25) is 18.1 Å². The van der Waals surface area contributed by atoms with Gasteiger partial charge in [0.2, 0.25) is 0 Å². The summed E-state index contributed by atoms with van der Waals surface area (Å²) >= 11 is 0. The van der Waals surface area contributed by atoms with Crippen LogP contribution in [-0.4, -0.2) is 18.1 Å². The van der Waals surface area contributed by atoms with Crippen molar-refractivity contribution in [1.82, 2.24) is 4.98 Å². The topological polar surface area (TPSA) is 33.1 Å². The van der Waals surface area contributed by atoms with Crippen molar-refractivity contribution < 1.29 is 9.19 Å². The summed E-state index contributed by atoms with van der Waals surface area (Å²) in [6, 6.07) is 15.6. The molecule has 34 heavy (non-hydrogen) atoms. The fraction of sp³-hybridized carbons (Fsp3) is 0.433. The zero-order valence-corrected chi connectivity index (χ0v) is 22.5. The van der Waals surface area contributed by atoms with Crippen LogP contribution < -0.4 is 0 Å². The Bertz CT molecular complexity index is 1180. The first-order valence-electron chi connectivity index (χ1n) is 12.6. The summed E-state index contributed by atoms with van der Waals surface area (Å²) < 4.78 is 13.9. The Labute approximate surface area is 205 Å². The number of benzene rings is 2. The highest BCUT2D eigenvalue weighted by molar-refractivity contribution is 6.72. The first kappa shape index (κ1) is 24.8. The first-order valence-corrected chi connectivity index (χ1v) is 15.6. The van der Waals surface area contributed by atoms with Gasteiger partial charge in [0, 0.05) is 11.3 Å². The highest BCUT2D eigenvalue weighted by atomic mass is 28.4. The number of aryl methyl sites for hydroxylation is 1. The molecule has 0 bridgehead atoms. The molecule has 0 saturated heterocycles. The Morgan fingerprint density at radius 2 is 1.71 bits per heavy atom. The molecule has 0 unspecified atom stereocenters. The molecule has 2 aromatic carbocycles. The van der Waals surface area contributed by atoms with Crippen LogP contribution in [0.4, 0.5) is 4.39 Å². The van der Waals surface area contributed by atoms with Crippen molar-refractivity contribution in [1.29, 1.82) is 0 Å². The average Bonchev–Trinajstić information content (AvgIpc) is 2.96. The molecule has 0 fully saturated rings. The van der Waals surface area contributed by atoms with Crippen LogP contribution in [0.25, 0.3) is 22.4 Å². The molecule has 1 aliphatic carbocycles. The maximum absolute atomic E-state index is 13.9. The lowest BCUT2D eigenvalue weighted by atomic mass is 9.84. The largest absolute Gasteiger partial charge is 0.432 e. The van der Waals surface area contributed by atoms with E-state index in [1.165, 1.54) is 27.8 Å². The molecule has 4 rings (SSSR count). The molecule has 1 aliphatic rings. The summed E-state index contributed by atoms with van der Waals surface area (Å²) in [5.41, 5.74) is 9.67. The Balaban J connectivity index is 1.99. The van der Waals surface area contributed by atoms with Gasteiger partial charge in [0.1, 0.15) is 5.82 Å². The van der Waals surface area contributed by atoms with E-state index >= 15 is 0 Å². The lowest BCUT2D eigenvalue weighted by Crippen LogP contribution is -2.39. The van der Waals surface area contributed by atoms with E-state index in [0.29, 0.717) is 0 Å². The Morgan fingerprint density at radius 3 is 2.35 bits per heavy atom. The van der Waals surface area contributed by atoms with Gasteiger partial charge in [-0.05, 0) is 96.1 Å². The van der Waals surface area contributed by atoms with Crippen molar-refractivity contribution in [3.63, 3.8) is 0 Å². The van der Waals surface area contributed by atoms with E-state index < -0.39 is 8.32 Å². The van der Waals surface area contributed by atoms with Crippen LogP contribution in [-0.2, 0) is 19.3 Å². The summed E-state index contributed by atoms with van der Waals surface area (Å²) in [7, 11) is -2.34. The number of fused-ring (bicyclic) bond motifs is 3. The van der Waals surface area contributed by atoms with Gasteiger partial charge in [-0.1, -0.05) is 64.1 Å². The van der Waals surface area contributed by atoms with E-state index in [1.807, 2.05) is 25.2 Å². The van der Waals surface area contributed by atoms with Gasteiger partial charge in [-0.2, -0.15) is 0 Å². The second kappa shape index (κ2) is 9.39. The fourth-order valence-corrected chi connectivity index (χ4v) is 5.75. The zero-order valence-electron chi connectivity index (χ0n) is 21.5. The molecule has 1 heterocycles. The van der Waals surface area contributed by atoms with Crippen molar-refractivity contribution in [2.24, 2.45) is 0 Å². The Morgan fingerprint density at radius 1 is 1.03 bits per heavy atom. The summed E-state index contributed by atoms with van der Waals surface area (Å²) in [6.07, 6.45) is 4.82. The van der Waals surface area contributed by atoms with Gasteiger partial charge in [-0.3, -0.25) is 4.98 Å². The van der Waals surface area contributed by atoms with Crippen LogP contribution in [0.15, 0.2) is 48.5 Å². The number of hydrogen-bond acceptors (Lipinski definition) is 2. The van der Waals surface area contributed by atoms with E-state index in [-0.39, 0.29) is 16.8 Å². The summed E-state index contributed by atoms with van der Waals surface area (Å²) in [5.74, 6) is 0.0476. The van der Waals surface area contributed by atoms with E-state index in [9.17, 15) is 9.19 Å². The van der Waals surface area contributed by atoms with Gasteiger partial charge in [0.05, 0.1) is 5.69 Å². The highest BCUT2D eigenvalue weighted by Gasteiger charge is 2.38. The molecule has 0 radical (unpaired) electrons.